The molecule has 92 valence electrons. The fourth-order valence-electron chi connectivity index (χ4n) is 3.05. The van der Waals surface area contributed by atoms with E-state index in [1.54, 1.807) is 0 Å². The lowest BCUT2D eigenvalue weighted by molar-refractivity contribution is -0.150. The summed E-state index contributed by atoms with van der Waals surface area (Å²) >= 11 is 0. The Hall–Kier alpha value is -0.610. The second kappa shape index (κ2) is 4.34. The minimum absolute atomic E-state index is 0.311. The standard InChI is InChI=1S/C12H21NO3/c1-9(10-4-7-16-8-10)13-6-3-5-12(13,2)11(14)15/h9-10H,3-8H2,1-2H3,(H,14,15). The van der Waals surface area contributed by atoms with Gasteiger partial charge < -0.3 is 9.84 Å². The number of hydrogen-bond donors (Lipinski definition) is 1. The van der Waals surface area contributed by atoms with Gasteiger partial charge in [0.1, 0.15) is 5.54 Å². The number of carboxylic acids is 1. The van der Waals surface area contributed by atoms with Gasteiger partial charge in [0.25, 0.3) is 0 Å². The summed E-state index contributed by atoms with van der Waals surface area (Å²) in [6.07, 6.45) is 2.81. The van der Waals surface area contributed by atoms with Gasteiger partial charge in [0.2, 0.25) is 0 Å². The molecule has 0 aliphatic carbocycles. The molecule has 1 N–H and O–H groups in total. The van der Waals surface area contributed by atoms with E-state index in [-0.39, 0.29) is 0 Å². The van der Waals surface area contributed by atoms with Gasteiger partial charge in [-0.2, -0.15) is 0 Å². The van der Waals surface area contributed by atoms with Crippen molar-refractivity contribution >= 4 is 5.97 Å². The molecule has 3 atom stereocenters. The third kappa shape index (κ3) is 1.84. The summed E-state index contributed by atoms with van der Waals surface area (Å²) in [5.41, 5.74) is -0.665. The van der Waals surface area contributed by atoms with Crippen LogP contribution >= 0.6 is 0 Å². The molecule has 2 saturated heterocycles. The zero-order valence-electron chi connectivity index (χ0n) is 10.1. The zero-order valence-corrected chi connectivity index (χ0v) is 10.1. The summed E-state index contributed by atoms with van der Waals surface area (Å²) in [5.74, 6) is -0.187. The van der Waals surface area contributed by atoms with Gasteiger partial charge in [-0.3, -0.25) is 9.69 Å². The average molecular weight is 227 g/mol. The Morgan fingerprint density at radius 1 is 1.62 bits per heavy atom. The van der Waals surface area contributed by atoms with Gasteiger partial charge in [0.15, 0.2) is 0 Å². The first kappa shape index (κ1) is 11.9. The highest BCUT2D eigenvalue weighted by Gasteiger charge is 2.47. The number of likely N-dealkylation sites (tertiary alicyclic amines) is 1. The van der Waals surface area contributed by atoms with Crippen LogP contribution in [0, 0.1) is 5.92 Å². The maximum Gasteiger partial charge on any atom is 0.323 e. The van der Waals surface area contributed by atoms with E-state index in [1.165, 1.54) is 0 Å². The van der Waals surface area contributed by atoms with Crippen LogP contribution in [0.4, 0.5) is 0 Å². The third-order valence-electron chi connectivity index (χ3n) is 4.30. The van der Waals surface area contributed by atoms with Gasteiger partial charge in [0, 0.05) is 12.6 Å². The summed E-state index contributed by atoms with van der Waals surface area (Å²) in [7, 11) is 0. The fourth-order valence-corrected chi connectivity index (χ4v) is 3.05. The largest absolute Gasteiger partial charge is 0.480 e. The average Bonchev–Trinajstić information content (AvgIpc) is 2.85. The third-order valence-corrected chi connectivity index (χ3v) is 4.30. The van der Waals surface area contributed by atoms with Gasteiger partial charge >= 0.3 is 5.97 Å². The first-order chi connectivity index (χ1) is 7.55. The van der Waals surface area contributed by atoms with Crippen molar-refractivity contribution < 1.29 is 14.6 Å². The lowest BCUT2D eigenvalue weighted by atomic mass is 9.93. The molecule has 2 fully saturated rings. The van der Waals surface area contributed by atoms with Crippen LogP contribution in [0.1, 0.15) is 33.1 Å². The van der Waals surface area contributed by atoms with Crippen LogP contribution in [0.3, 0.4) is 0 Å². The molecular weight excluding hydrogens is 206 g/mol. The lowest BCUT2D eigenvalue weighted by Gasteiger charge is -2.38. The van der Waals surface area contributed by atoms with E-state index in [0.29, 0.717) is 12.0 Å². The maximum atomic E-state index is 11.4. The first-order valence-electron chi connectivity index (χ1n) is 6.13. The van der Waals surface area contributed by atoms with Crippen molar-refractivity contribution in [3.8, 4) is 0 Å². The van der Waals surface area contributed by atoms with Gasteiger partial charge in [-0.05, 0) is 45.6 Å². The first-order valence-corrected chi connectivity index (χ1v) is 6.13. The van der Waals surface area contributed by atoms with Crippen LogP contribution in [-0.4, -0.2) is 47.3 Å². The van der Waals surface area contributed by atoms with Gasteiger partial charge in [-0.15, -0.1) is 0 Å². The Labute approximate surface area is 96.6 Å². The predicted octanol–water partition coefficient (Wildman–Crippen LogP) is 1.35. The molecular formula is C12H21NO3. The van der Waals surface area contributed by atoms with Gasteiger partial charge in [-0.25, -0.2) is 0 Å². The van der Waals surface area contributed by atoms with Crippen LogP contribution in [0.5, 0.6) is 0 Å². The maximum absolute atomic E-state index is 11.4. The molecule has 2 aliphatic heterocycles. The van der Waals surface area contributed by atoms with E-state index in [9.17, 15) is 9.90 Å². The molecule has 0 aromatic heterocycles. The number of aliphatic carboxylic acids is 1. The minimum Gasteiger partial charge on any atom is -0.480 e. The van der Waals surface area contributed by atoms with Crippen molar-refractivity contribution in [2.75, 3.05) is 19.8 Å². The van der Waals surface area contributed by atoms with E-state index in [0.717, 1.165) is 39.0 Å². The molecule has 0 amide bonds. The van der Waals surface area contributed by atoms with Crippen molar-refractivity contribution in [1.29, 1.82) is 0 Å². The highest BCUT2D eigenvalue weighted by Crippen LogP contribution is 2.34. The summed E-state index contributed by atoms with van der Waals surface area (Å²) in [6.45, 7) is 6.51. The fraction of sp³-hybridized carbons (Fsp3) is 0.917. The van der Waals surface area contributed by atoms with E-state index in [1.807, 2.05) is 6.92 Å². The summed E-state index contributed by atoms with van der Waals surface area (Å²) in [4.78, 5) is 13.5. The van der Waals surface area contributed by atoms with Gasteiger partial charge in [-0.1, -0.05) is 0 Å². The number of hydrogen-bond acceptors (Lipinski definition) is 3. The second-order valence-corrected chi connectivity index (χ2v) is 5.24. The molecule has 0 bridgehead atoms. The normalized spacial score (nSPS) is 37.8. The molecule has 3 unspecified atom stereocenters. The number of carbonyl (C=O) groups is 1. The molecule has 4 heteroatoms. The molecule has 0 saturated carbocycles. The van der Waals surface area contributed by atoms with E-state index >= 15 is 0 Å². The molecule has 0 spiro atoms. The Balaban J connectivity index is 2.10. The summed E-state index contributed by atoms with van der Waals surface area (Å²) in [6, 6.07) is 0.311. The molecule has 2 heterocycles. The number of ether oxygens (including phenoxy) is 1. The topological polar surface area (TPSA) is 49.8 Å². The highest BCUT2D eigenvalue weighted by molar-refractivity contribution is 5.78. The van der Waals surface area contributed by atoms with Crippen LogP contribution in [-0.2, 0) is 9.53 Å². The van der Waals surface area contributed by atoms with E-state index in [2.05, 4.69) is 11.8 Å². The summed E-state index contributed by atoms with van der Waals surface area (Å²) < 4.78 is 5.39. The molecule has 2 aliphatic rings. The highest BCUT2D eigenvalue weighted by atomic mass is 16.5. The quantitative estimate of drug-likeness (QED) is 0.790. The second-order valence-electron chi connectivity index (χ2n) is 5.24. The smallest absolute Gasteiger partial charge is 0.323 e. The molecule has 0 aromatic carbocycles. The monoisotopic (exact) mass is 227 g/mol. The molecule has 4 nitrogen and oxygen atoms in total. The van der Waals surface area contributed by atoms with Crippen LogP contribution in [0.2, 0.25) is 0 Å². The van der Waals surface area contributed by atoms with Crippen molar-refractivity contribution in [1.82, 2.24) is 4.90 Å². The van der Waals surface area contributed by atoms with E-state index < -0.39 is 11.5 Å². The molecule has 2 rings (SSSR count). The van der Waals surface area contributed by atoms with Crippen LogP contribution in [0.25, 0.3) is 0 Å². The SMILES string of the molecule is CC(C1CCOC1)N1CCCC1(C)C(=O)O. The Bertz CT molecular complexity index is 275. The minimum atomic E-state index is -0.684. The number of nitrogens with zero attached hydrogens (tertiary/aromatic N) is 1. The van der Waals surface area contributed by atoms with Crippen molar-refractivity contribution in [3.05, 3.63) is 0 Å². The van der Waals surface area contributed by atoms with Crippen molar-refractivity contribution in [3.63, 3.8) is 0 Å². The molecule has 0 radical (unpaired) electrons. The van der Waals surface area contributed by atoms with Crippen LogP contribution < -0.4 is 0 Å². The van der Waals surface area contributed by atoms with Crippen LogP contribution in [0.15, 0.2) is 0 Å². The lowest BCUT2D eigenvalue weighted by Crippen LogP contribution is -2.53. The number of rotatable bonds is 3. The number of carboxylic acid groups (broad SMARTS) is 1. The summed E-state index contributed by atoms with van der Waals surface area (Å²) in [5, 5.41) is 9.36. The Kier molecular flexibility index (Phi) is 3.22. The van der Waals surface area contributed by atoms with Crippen molar-refractivity contribution in [2.45, 2.75) is 44.7 Å². The molecule has 0 aromatic rings. The van der Waals surface area contributed by atoms with Crippen molar-refractivity contribution in [2.24, 2.45) is 5.92 Å². The van der Waals surface area contributed by atoms with E-state index in [4.69, 9.17) is 4.74 Å². The Morgan fingerprint density at radius 3 is 2.94 bits per heavy atom. The van der Waals surface area contributed by atoms with Gasteiger partial charge in [0.05, 0.1) is 6.61 Å². The molecule has 16 heavy (non-hydrogen) atoms. The zero-order chi connectivity index (χ0) is 11.8. The predicted molar refractivity (Wildman–Crippen MR) is 60.4 cm³/mol. The Morgan fingerprint density at radius 2 is 2.38 bits per heavy atom.